The highest BCUT2D eigenvalue weighted by atomic mass is 35.5. The first-order valence-electron chi connectivity index (χ1n) is 5.61. The lowest BCUT2D eigenvalue weighted by molar-refractivity contribution is 0.0698. The molecule has 2 rings (SSSR count). The van der Waals surface area contributed by atoms with Gasteiger partial charge in [0, 0.05) is 11.2 Å². The van der Waals surface area contributed by atoms with Crippen LogP contribution in [0.1, 0.15) is 16.1 Å². The molecule has 0 aliphatic rings. The van der Waals surface area contributed by atoms with Crippen molar-refractivity contribution in [3.05, 3.63) is 47.0 Å². The van der Waals surface area contributed by atoms with Crippen LogP contribution in [-0.4, -0.2) is 27.1 Å². The molecule has 0 aliphatic heterocycles. The monoisotopic (exact) mass is 294 g/mol. The van der Waals surface area contributed by atoms with Gasteiger partial charge in [-0.3, -0.25) is 0 Å². The average molecular weight is 295 g/mol. The van der Waals surface area contributed by atoms with Crippen molar-refractivity contribution >= 4 is 29.3 Å². The van der Waals surface area contributed by atoms with E-state index in [2.05, 4.69) is 20.6 Å². The first kappa shape index (κ1) is 13.9. The third kappa shape index (κ3) is 3.48. The number of aromatic amines is 1. The van der Waals surface area contributed by atoms with Crippen molar-refractivity contribution in [3.8, 4) is 0 Å². The van der Waals surface area contributed by atoms with Crippen LogP contribution in [-0.2, 0) is 6.54 Å². The van der Waals surface area contributed by atoms with E-state index >= 15 is 0 Å². The topological polar surface area (TPSA) is 107 Å². The summed E-state index contributed by atoms with van der Waals surface area (Å²) in [5.41, 5.74) is 0.827. The van der Waals surface area contributed by atoms with Crippen molar-refractivity contribution < 1.29 is 14.7 Å². The van der Waals surface area contributed by atoms with Crippen LogP contribution in [0, 0.1) is 0 Å². The molecule has 20 heavy (non-hydrogen) atoms. The maximum absolute atomic E-state index is 11.7. The third-order valence-corrected chi connectivity index (χ3v) is 2.69. The van der Waals surface area contributed by atoms with Gasteiger partial charge in [-0.05, 0) is 18.2 Å². The van der Waals surface area contributed by atoms with E-state index in [1.54, 1.807) is 6.20 Å². The summed E-state index contributed by atoms with van der Waals surface area (Å²) in [5, 5.41) is 14.3. The zero-order chi connectivity index (χ0) is 14.5. The SMILES string of the molecule is O=C(NCc1cnc[nH]1)Nc1ccc(Cl)cc1C(=O)O. The molecule has 0 unspecified atom stereocenters. The molecule has 8 heteroatoms. The highest BCUT2D eigenvalue weighted by molar-refractivity contribution is 6.31. The van der Waals surface area contributed by atoms with E-state index in [4.69, 9.17) is 16.7 Å². The molecule has 0 radical (unpaired) electrons. The summed E-state index contributed by atoms with van der Waals surface area (Å²) in [6.45, 7) is 0.252. The van der Waals surface area contributed by atoms with Gasteiger partial charge in [0.1, 0.15) is 0 Å². The molecule has 2 amide bonds. The number of urea groups is 1. The summed E-state index contributed by atoms with van der Waals surface area (Å²) in [7, 11) is 0. The van der Waals surface area contributed by atoms with E-state index in [1.807, 2.05) is 0 Å². The highest BCUT2D eigenvalue weighted by Gasteiger charge is 2.13. The molecule has 104 valence electrons. The van der Waals surface area contributed by atoms with Crippen molar-refractivity contribution in [1.82, 2.24) is 15.3 Å². The van der Waals surface area contributed by atoms with E-state index in [0.717, 1.165) is 5.69 Å². The van der Waals surface area contributed by atoms with Crippen molar-refractivity contribution in [3.63, 3.8) is 0 Å². The van der Waals surface area contributed by atoms with Gasteiger partial charge in [-0.25, -0.2) is 14.6 Å². The van der Waals surface area contributed by atoms with Crippen LogP contribution in [0.3, 0.4) is 0 Å². The molecule has 0 saturated carbocycles. The smallest absolute Gasteiger partial charge is 0.337 e. The fourth-order valence-corrected chi connectivity index (χ4v) is 1.70. The summed E-state index contributed by atoms with van der Waals surface area (Å²) in [5.74, 6) is -1.17. The van der Waals surface area contributed by atoms with Crippen molar-refractivity contribution in [2.45, 2.75) is 6.54 Å². The van der Waals surface area contributed by atoms with Crippen LogP contribution in [0.2, 0.25) is 5.02 Å². The zero-order valence-electron chi connectivity index (χ0n) is 10.2. The fraction of sp³-hybridized carbons (Fsp3) is 0.0833. The Kier molecular flexibility index (Phi) is 4.21. The van der Waals surface area contributed by atoms with Crippen molar-refractivity contribution in [1.29, 1.82) is 0 Å². The second-order valence-corrected chi connectivity index (χ2v) is 4.32. The fourth-order valence-electron chi connectivity index (χ4n) is 1.53. The lowest BCUT2D eigenvalue weighted by Gasteiger charge is -2.09. The van der Waals surface area contributed by atoms with Gasteiger partial charge < -0.3 is 20.7 Å². The number of halogens is 1. The average Bonchev–Trinajstić information content (AvgIpc) is 2.91. The molecule has 0 saturated heterocycles. The molecule has 0 aliphatic carbocycles. The van der Waals surface area contributed by atoms with Gasteiger partial charge in [0.05, 0.1) is 29.8 Å². The number of anilines is 1. The van der Waals surface area contributed by atoms with E-state index in [0.29, 0.717) is 0 Å². The predicted molar refractivity (Wildman–Crippen MR) is 72.9 cm³/mol. The maximum atomic E-state index is 11.7. The Bertz CT molecular complexity index is 628. The molecule has 0 fully saturated rings. The molecule has 1 heterocycles. The number of H-pyrrole nitrogens is 1. The number of amides is 2. The van der Waals surface area contributed by atoms with E-state index in [-0.39, 0.29) is 22.8 Å². The molecule has 1 aromatic carbocycles. The van der Waals surface area contributed by atoms with E-state index < -0.39 is 12.0 Å². The minimum atomic E-state index is -1.17. The lowest BCUT2D eigenvalue weighted by Crippen LogP contribution is -2.29. The summed E-state index contributed by atoms with van der Waals surface area (Å²) < 4.78 is 0. The van der Waals surface area contributed by atoms with Crippen LogP contribution in [0.25, 0.3) is 0 Å². The summed E-state index contributed by atoms with van der Waals surface area (Å²) >= 11 is 5.72. The quantitative estimate of drug-likeness (QED) is 0.692. The van der Waals surface area contributed by atoms with Crippen LogP contribution >= 0.6 is 11.6 Å². The second-order valence-electron chi connectivity index (χ2n) is 3.88. The number of carboxylic acid groups (broad SMARTS) is 1. The molecule has 4 N–H and O–H groups in total. The summed E-state index contributed by atoms with van der Waals surface area (Å²) in [4.78, 5) is 29.4. The Labute approximate surface area is 119 Å². The number of nitrogens with one attached hydrogen (secondary N) is 3. The minimum absolute atomic E-state index is 0.0748. The third-order valence-electron chi connectivity index (χ3n) is 2.45. The summed E-state index contributed by atoms with van der Waals surface area (Å²) in [6, 6.07) is 3.68. The maximum Gasteiger partial charge on any atom is 0.337 e. The molecular weight excluding hydrogens is 284 g/mol. The van der Waals surface area contributed by atoms with Crippen molar-refractivity contribution in [2.75, 3.05) is 5.32 Å². The van der Waals surface area contributed by atoms with Crippen LogP contribution in [0.4, 0.5) is 10.5 Å². The molecule has 2 aromatic rings. The number of carbonyl (C=O) groups is 2. The Morgan fingerprint density at radius 1 is 1.40 bits per heavy atom. The first-order valence-corrected chi connectivity index (χ1v) is 5.99. The van der Waals surface area contributed by atoms with E-state index in [1.165, 1.54) is 24.5 Å². The number of aromatic nitrogens is 2. The molecule has 0 spiro atoms. The molecule has 0 bridgehead atoms. The lowest BCUT2D eigenvalue weighted by atomic mass is 10.2. The van der Waals surface area contributed by atoms with Gasteiger partial charge in [-0.2, -0.15) is 0 Å². The number of hydrogen-bond acceptors (Lipinski definition) is 3. The normalized spacial score (nSPS) is 10.1. The Balaban J connectivity index is 2.02. The molecular formula is C12H11ClN4O3. The first-order chi connectivity index (χ1) is 9.56. The largest absolute Gasteiger partial charge is 0.478 e. The van der Waals surface area contributed by atoms with Crippen molar-refractivity contribution in [2.24, 2.45) is 0 Å². The van der Waals surface area contributed by atoms with E-state index in [9.17, 15) is 9.59 Å². The standard InChI is InChI=1S/C12H11ClN4O3/c13-7-1-2-10(9(3-7)11(18)19)17-12(20)15-5-8-4-14-6-16-8/h1-4,6H,5H2,(H,14,16)(H,18,19)(H2,15,17,20). The Morgan fingerprint density at radius 2 is 2.20 bits per heavy atom. The van der Waals surface area contributed by atoms with Crippen LogP contribution < -0.4 is 10.6 Å². The number of hydrogen-bond donors (Lipinski definition) is 4. The number of carboxylic acids is 1. The number of benzene rings is 1. The van der Waals surface area contributed by atoms with Gasteiger partial charge in [0.25, 0.3) is 0 Å². The Hall–Kier alpha value is -2.54. The predicted octanol–water partition coefficient (Wildman–Crippen LogP) is 2.08. The number of carbonyl (C=O) groups excluding carboxylic acids is 1. The van der Waals surface area contributed by atoms with Gasteiger partial charge in [-0.15, -0.1) is 0 Å². The number of imidazole rings is 1. The van der Waals surface area contributed by atoms with Crippen LogP contribution in [0.5, 0.6) is 0 Å². The Morgan fingerprint density at radius 3 is 2.85 bits per heavy atom. The van der Waals surface area contributed by atoms with Gasteiger partial charge in [-0.1, -0.05) is 11.6 Å². The minimum Gasteiger partial charge on any atom is -0.478 e. The molecule has 0 atom stereocenters. The van der Waals surface area contributed by atoms with Gasteiger partial charge in [0.15, 0.2) is 0 Å². The second kappa shape index (κ2) is 6.07. The van der Waals surface area contributed by atoms with Gasteiger partial charge >= 0.3 is 12.0 Å². The number of nitrogens with zero attached hydrogens (tertiary/aromatic N) is 1. The number of rotatable bonds is 4. The molecule has 1 aromatic heterocycles. The number of aromatic carboxylic acids is 1. The summed E-state index contributed by atoms with van der Waals surface area (Å²) in [6.07, 6.45) is 3.07. The van der Waals surface area contributed by atoms with Gasteiger partial charge in [0.2, 0.25) is 0 Å². The highest BCUT2D eigenvalue weighted by Crippen LogP contribution is 2.20. The zero-order valence-corrected chi connectivity index (χ0v) is 10.9. The van der Waals surface area contributed by atoms with Crippen LogP contribution in [0.15, 0.2) is 30.7 Å². The molecule has 7 nitrogen and oxygen atoms in total.